The van der Waals surface area contributed by atoms with E-state index in [4.69, 9.17) is 4.74 Å². The Balaban J connectivity index is 1.70. The molecule has 140 valence electrons. The molecule has 0 aromatic heterocycles. The first kappa shape index (κ1) is 19.7. The maximum Gasteiger partial charge on any atom is 0.222 e. The summed E-state index contributed by atoms with van der Waals surface area (Å²) < 4.78 is 5.79. The third-order valence-electron chi connectivity index (χ3n) is 4.91. The number of hydrogen-bond acceptors (Lipinski definition) is 4. The van der Waals surface area contributed by atoms with Crippen LogP contribution in [0.1, 0.15) is 30.4 Å². The Hall–Kier alpha value is -1.59. The molecule has 2 rings (SSSR count). The Morgan fingerprint density at radius 2 is 2.00 bits per heavy atom. The fourth-order valence-corrected chi connectivity index (χ4v) is 3.20. The highest BCUT2D eigenvalue weighted by Gasteiger charge is 2.23. The third kappa shape index (κ3) is 6.33. The molecule has 1 N–H and O–H groups in total. The lowest BCUT2D eigenvalue weighted by Gasteiger charge is -2.33. The van der Waals surface area contributed by atoms with Crippen LogP contribution in [0.5, 0.6) is 5.75 Å². The number of ether oxygens (including phenoxy) is 1. The highest BCUT2D eigenvalue weighted by molar-refractivity contribution is 5.75. The maximum atomic E-state index is 11.8. The maximum absolute atomic E-state index is 11.8. The van der Waals surface area contributed by atoms with E-state index in [1.165, 1.54) is 0 Å². The second-order valence-electron chi connectivity index (χ2n) is 7.47. The summed E-state index contributed by atoms with van der Waals surface area (Å²) >= 11 is 0. The average molecular weight is 348 g/mol. The lowest BCUT2D eigenvalue weighted by atomic mass is 9.93. The lowest BCUT2D eigenvalue weighted by Crippen LogP contribution is -2.41. The van der Waals surface area contributed by atoms with Crippen LogP contribution in [-0.4, -0.2) is 67.3 Å². The van der Waals surface area contributed by atoms with Crippen LogP contribution >= 0.6 is 0 Å². The standard InChI is InChI=1S/C20H32N2O3/c1-15-5-6-16(2)19(11-15)25-14-18(23)13-22-9-7-17(8-10-22)12-20(24)21(3)4/h5-6,11,17-18,23H,7-10,12-14H2,1-4H3. The Bertz CT molecular complexity index is 566. The molecule has 1 fully saturated rings. The SMILES string of the molecule is Cc1ccc(C)c(OCC(O)CN2CCC(CC(=O)N(C)C)CC2)c1. The summed E-state index contributed by atoms with van der Waals surface area (Å²) in [6.07, 6.45) is 2.17. The van der Waals surface area contributed by atoms with Crippen LogP contribution in [0.2, 0.25) is 0 Å². The van der Waals surface area contributed by atoms with E-state index in [1.807, 2.05) is 40.1 Å². The number of aliphatic hydroxyl groups is 1. The van der Waals surface area contributed by atoms with E-state index in [0.717, 1.165) is 42.8 Å². The highest BCUT2D eigenvalue weighted by atomic mass is 16.5. The van der Waals surface area contributed by atoms with Crippen LogP contribution in [0.3, 0.4) is 0 Å². The van der Waals surface area contributed by atoms with E-state index in [9.17, 15) is 9.90 Å². The second kappa shape index (κ2) is 9.20. The van der Waals surface area contributed by atoms with Crippen molar-refractivity contribution in [2.24, 2.45) is 5.92 Å². The van der Waals surface area contributed by atoms with Crippen molar-refractivity contribution in [3.63, 3.8) is 0 Å². The summed E-state index contributed by atoms with van der Waals surface area (Å²) in [5.74, 6) is 1.52. The number of β-amino-alcohol motifs (C(OH)–C–C–N with tert-alkyl or cyclic N) is 1. The van der Waals surface area contributed by atoms with Crippen molar-refractivity contribution < 1.29 is 14.6 Å². The molecule has 1 aliphatic rings. The first-order valence-corrected chi connectivity index (χ1v) is 9.15. The molecule has 0 radical (unpaired) electrons. The zero-order chi connectivity index (χ0) is 18.4. The van der Waals surface area contributed by atoms with E-state index >= 15 is 0 Å². The van der Waals surface area contributed by atoms with E-state index in [-0.39, 0.29) is 5.91 Å². The van der Waals surface area contributed by atoms with Crippen molar-refractivity contribution in [2.75, 3.05) is 40.3 Å². The molecule has 0 aliphatic carbocycles. The van der Waals surface area contributed by atoms with E-state index in [0.29, 0.717) is 25.5 Å². The number of rotatable bonds is 7. The first-order valence-electron chi connectivity index (χ1n) is 9.15. The third-order valence-corrected chi connectivity index (χ3v) is 4.91. The van der Waals surface area contributed by atoms with Crippen molar-refractivity contribution >= 4 is 5.91 Å². The van der Waals surface area contributed by atoms with Gasteiger partial charge in [-0.3, -0.25) is 4.79 Å². The molecule has 25 heavy (non-hydrogen) atoms. The molecule has 1 aromatic rings. The van der Waals surface area contributed by atoms with Crippen LogP contribution in [0.15, 0.2) is 18.2 Å². The zero-order valence-corrected chi connectivity index (χ0v) is 16.0. The van der Waals surface area contributed by atoms with Gasteiger partial charge in [0.15, 0.2) is 0 Å². The molecule has 5 nitrogen and oxygen atoms in total. The number of aliphatic hydroxyl groups excluding tert-OH is 1. The van der Waals surface area contributed by atoms with Gasteiger partial charge >= 0.3 is 0 Å². The molecule has 1 unspecified atom stereocenters. The van der Waals surface area contributed by atoms with E-state index in [2.05, 4.69) is 11.0 Å². The van der Waals surface area contributed by atoms with Gasteiger partial charge in [0.1, 0.15) is 18.5 Å². The molecule has 1 heterocycles. The van der Waals surface area contributed by atoms with Gasteiger partial charge in [-0.2, -0.15) is 0 Å². The van der Waals surface area contributed by atoms with Crippen molar-refractivity contribution in [1.82, 2.24) is 9.80 Å². The summed E-state index contributed by atoms with van der Waals surface area (Å²) in [7, 11) is 3.62. The lowest BCUT2D eigenvalue weighted by molar-refractivity contribution is -0.130. The summed E-state index contributed by atoms with van der Waals surface area (Å²) in [5.41, 5.74) is 2.24. The molecule has 1 atom stereocenters. The molecule has 0 bridgehead atoms. The van der Waals surface area contributed by atoms with Crippen LogP contribution in [-0.2, 0) is 4.79 Å². The predicted octanol–water partition coefficient (Wildman–Crippen LogP) is 2.23. The topological polar surface area (TPSA) is 53.0 Å². The van der Waals surface area contributed by atoms with Crippen molar-refractivity contribution in [1.29, 1.82) is 0 Å². The van der Waals surface area contributed by atoms with Gasteiger partial charge in [0.25, 0.3) is 0 Å². The number of hydrogen-bond donors (Lipinski definition) is 1. The summed E-state index contributed by atoms with van der Waals surface area (Å²) in [6.45, 7) is 6.86. The molecule has 0 spiro atoms. The van der Waals surface area contributed by atoms with Gasteiger partial charge in [-0.1, -0.05) is 12.1 Å². The molecule has 1 aromatic carbocycles. The smallest absolute Gasteiger partial charge is 0.222 e. The van der Waals surface area contributed by atoms with Gasteiger partial charge in [-0.15, -0.1) is 0 Å². The fourth-order valence-electron chi connectivity index (χ4n) is 3.20. The molecule has 0 saturated carbocycles. The Labute approximate surface area is 151 Å². The summed E-state index contributed by atoms with van der Waals surface area (Å²) in [6, 6.07) is 6.11. The Morgan fingerprint density at radius 3 is 2.64 bits per heavy atom. The van der Waals surface area contributed by atoms with Gasteiger partial charge in [0.2, 0.25) is 5.91 Å². The Morgan fingerprint density at radius 1 is 1.32 bits per heavy atom. The van der Waals surface area contributed by atoms with Crippen LogP contribution in [0.4, 0.5) is 0 Å². The number of carbonyl (C=O) groups excluding carboxylic acids is 1. The molecule has 1 amide bonds. The van der Waals surface area contributed by atoms with Gasteiger partial charge in [0.05, 0.1) is 0 Å². The number of aryl methyl sites for hydroxylation is 2. The van der Waals surface area contributed by atoms with Gasteiger partial charge in [-0.25, -0.2) is 0 Å². The van der Waals surface area contributed by atoms with Gasteiger partial charge in [-0.05, 0) is 62.9 Å². The number of benzene rings is 1. The van der Waals surface area contributed by atoms with Crippen LogP contribution in [0, 0.1) is 19.8 Å². The van der Waals surface area contributed by atoms with Gasteiger partial charge < -0.3 is 19.6 Å². The minimum Gasteiger partial charge on any atom is -0.491 e. The molecule has 1 aliphatic heterocycles. The first-order chi connectivity index (χ1) is 11.8. The van der Waals surface area contributed by atoms with Crippen molar-refractivity contribution in [3.8, 4) is 5.75 Å². The largest absolute Gasteiger partial charge is 0.491 e. The summed E-state index contributed by atoms with van der Waals surface area (Å²) in [4.78, 5) is 15.7. The Kier molecular flexibility index (Phi) is 7.26. The molecule has 1 saturated heterocycles. The number of likely N-dealkylation sites (tertiary alicyclic amines) is 1. The number of amides is 1. The predicted molar refractivity (Wildman–Crippen MR) is 99.9 cm³/mol. The zero-order valence-electron chi connectivity index (χ0n) is 16.0. The monoisotopic (exact) mass is 348 g/mol. The van der Waals surface area contributed by atoms with Gasteiger partial charge in [0, 0.05) is 27.1 Å². The van der Waals surface area contributed by atoms with Crippen molar-refractivity contribution in [2.45, 2.75) is 39.2 Å². The quantitative estimate of drug-likeness (QED) is 0.821. The molecular weight excluding hydrogens is 316 g/mol. The minimum absolute atomic E-state index is 0.209. The minimum atomic E-state index is -0.500. The van der Waals surface area contributed by atoms with E-state index < -0.39 is 6.10 Å². The normalized spacial score (nSPS) is 17.3. The van der Waals surface area contributed by atoms with Crippen molar-refractivity contribution in [3.05, 3.63) is 29.3 Å². The average Bonchev–Trinajstić information content (AvgIpc) is 2.57. The second-order valence-corrected chi connectivity index (χ2v) is 7.47. The van der Waals surface area contributed by atoms with E-state index in [1.54, 1.807) is 4.90 Å². The van der Waals surface area contributed by atoms with Crippen LogP contribution in [0.25, 0.3) is 0 Å². The number of piperidine rings is 1. The number of carbonyl (C=O) groups is 1. The number of nitrogens with zero attached hydrogens (tertiary/aromatic N) is 2. The molecule has 5 heteroatoms. The highest BCUT2D eigenvalue weighted by Crippen LogP contribution is 2.22. The van der Waals surface area contributed by atoms with Crippen LogP contribution < -0.4 is 4.74 Å². The molecular formula is C20H32N2O3. The fraction of sp³-hybridized carbons (Fsp3) is 0.650. The summed E-state index contributed by atoms with van der Waals surface area (Å²) in [5, 5.41) is 10.3.